The van der Waals surface area contributed by atoms with Crippen molar-refractivity contribution in [2.24, 2.45) is 0 Å². The van der Waals surface area contributed by atoms with Crippen molar-refractivity contribution in [2.45, 2.75) is 12.2 Å². The third-order valence-corrected chi connectivity index (χ3v) is 6.89. The minimum Gasteiger partial charge on any atom is -0.355 e. The summed E-state index contributed by atoms with van der Waals surface area (Å²) in [6.07, 6.45) is 0.0652. The molecule has 1 fully saturated rings. The fourth-order valence-electron chi connectivity index (χ4n) is 3.40. The molecule has 6 nitrogen and oxygen atoms in total. The van der Waals surface area contributed by atoms with Gasteiger partial charge in [-0.2, -0.15) is 4.31 Å². The van der Waals surface area contributed by atoms with Gasteiger partial charge in [-0.1, -0.05) is 36.4 Å². The fourth-order valence-corrected chi connectivity index (χ4v) is 4.91. The molecule has 0 atom stereocenters. The highest BCUT2D eigenvalue weighted by atomic mass is 32.2. The van der Waals surface area contributed by atoms with Crippen LogP contribution in [0.15, 0.2) is 48.5 Å². The number of benzene rings is 2. The standard InChI is InChI=1S/C21H25F2N3O3S/c22-19-7-4-8-20(23)18(19)9-10-24-21(27)15-25-11-13-26(14-12-25)30(28,29)16-17-5-2-1-3-6-17/h1-8H,9-16H2,(H,24,27). The van der Waals surface area contributed by atoms with Gasteiger partial charge in [-0.3, -0.25) is 9.69 Å². The highest BCUT2D eigenvalue weighted by Crippen LogP contribution is 2.14. The van der Waals surface area contributed by atoms with Gasteiger partial charge in [0.25, 0.3) is 0 Å². The van der Waals surface area contributed by atoms with Crippen molar-refractivity contribution >= 4 is 15.9 Å². The second-order valence-electron chi connectivity index (χ2n) is 7.22. The molecule has 30 heavy (non-hydrogen) atoms. The van der Waals surface area contributed by atoms with E-state index in [0.29, 0.717) is 26.2 Å². The van der Waals surface area contributed by atoms with Crippen molar-refractivity contribution < 1.29 is 22.0 Å². The Hall–Kier alpha value is -2.36. The summed E-state index contributed by atoms with van der Waals surface area (Å²) in [7, 11) is -3.41. The molecule has 162 valence electrons. The lowest BCUT2D eigenvalue weighted by Gasteiger charge is -2.33. The summed E-state index contributed by atoms with van der Waals surface area (Å²) in [4.78, 5) is 14.0. The lowest BCUT2D eigenvalue weighted by atomic mass is 10.1. The van der Waals surface area contributed by atoms with E-state index in [2.05, 4.69) is 5.32 Å². The molecule has 1 aliphatic rings. The number of amides is 1. The molecule has 1 saturated heterocycles. The zero-order chi connectivity index (χ0) is 21.6. The average molecular weight is 438 g/mol. The molecule has 1 amide bonds. The molecule has 0 aliphatic carbocycles. The number of piperazine rings is 1. The zero-order valence-corrected chi connectivity index (χ0v) is 17.4. The average Bonchev–Trinajstić information content (AvgIpc) is 2.71. The van der Waals surface area contributed by atoms with E-state index in [0.717, 1.165) is 5.56 Å². The minimum absolute atomic E-state index is 0.0407. The quantitative estimate of drug-likeness (QED) is 0.684. The van der Waals surface area contributed by atoms with E-state index in [4.69, 9.17) is 0 Å². The number of hydrogen-bond donors (Lipinski definition) is 1. The van der Waals surface area contributed by atoms with Crippen LogP contribution in [-0.2, 0) is 27.0 Å². The summed E-state index contributed by atoms with van der Waals surface area (Å²) < 4.78 is 53.8. The van der Waals surface area contributed by atoms with E-state index in [-0.39, 0.29) is 36.7 Å². The topological polar surface area (TPSA) is 69.7 Å². The lowest BCUT2D eigenvalue weighted by molar-refractivity contribution is -0.122. The molecule has 0 saturated carbocycles. The molecule has 3 rings (SSSR count). The van der Waals surface area contributed by atoms with Crippen molar-refractivity contribution in [1.82, 2.24) is 14.5 Å². The van der Waals surface area contributed by atoms with Gasteiger partial charge in [0, 0.05) is 38.3 Å². The van der Waals surface area contributed by atoms with Gasteiger partial charge >= 0.3 is 0 Å². The van der Waals surface area contributed by atoms with E-state index in [1.54, 1.807) is 12.1 Å². The van der Waals surface area contributed by atoms with Crippen LogP contribution in [0.2, 0.25) is 0 Å². The summed E-state index contributed by atoms with van der Waals surface area (Å²) >= 11 is 0. The minimum atomic E-state index is -3.41. The maximum atomic E-state index is 13.6. The predicted octanol–water partition coefficient (Wildman–Crippen LogP) is 1.77. The zero-order valence-electron chi connectivity index (χ0n) is 16.6. The van der Waals surface area contributed by atoms with Gasteiger partial charge in [0.2, 0.25) is 15.9 Å². The normalized spacial score (nSPS) is 15.8. The van der Waals surface area contributed by atoms with E-state index in [1.807, 2.05) is 23.1 Å². The fraction of sp³-hybridized carbons (Fsp3) is 0.381. The number of halogens is 2. The molecular formula is C21H25F2N3O3S. The van der Waals surface area contributed by atoms with Crippen molar-refractivity contribution in [1.29, 1.82) is 0 Å². The first-order valence-electron chi connectivity index (χ1n) is 9.79. The lowest BCUT2D eigenvalue weighted by Crippen LogP contribution is -2.51. The van der Waals surface area contributed by atoms with E-state index in [1.165, 1.54) is 22.5 Å². The summed E-state index contributed by atoms with van der Waals surface area (Å²) in [5.74, 6) is -1.55. The van der Waals surface area contributed by atoms with Crippen molar-refractivity contribution in [2.75, 3.05) is 39.3 Å². The first kappa shape index (κ1) is 22.3. The van der Waals surface area contributed by atoms with E-state index >= 15 is 0 Å². The van der Waals surface area contributed by atoms with Crippen LogP contribution in [0.25, 0.3) is 0 Å². The SMILES string of the molecule is O=C(CN1CCN(S(=O)(=O)Cc2ccccc2)CC1)NCCc1c(F)cccc1F. The highest BCUT2D eigenvalue weighted by molar-refractivity contribution is 7.88. The molecular weight excluding hydrogens is 412 g/mol. The highest BCUT2D eigenvalue weighted by Gasteiger charge is 2.27. The Labute approximate surface area is 175 Å². The largest absolute Gasteiger partial charge is 0.355 e. The van der Waals surface area contributed by atoms with Gasteiger partial charge in [-0.15, -0.1) is 0 Å². The molecule has 0 spiro atoms. The Bertz CT molecular complexity index is 942. The van der Waals surface area contributed by atoms with Gasteiger partial charge < -0.3 is 5.32 Å². The van der Waals surface area contributed by atoms with Crippen molar-refractivity contribution in [3.8, 4) is 0 Å². The van der Waals surface area contributed by atoms with Crippen LogP contribution in [0.4, 0.5) is 8.78 Å². The maximum Gasteiger partial charge on any atom is 0.234 e. The molecule has 9 heteroatoms. The number of rotatable bonds is 8. The second-order valence-corrected chi connectivity index (χ2v) is 9.19. The van der Waals surface area contributed by atoms with Gasteiger partial charge in [0.15, 0.2) is 0 Å². The van der Waals surface area contributed by atoms with Gasteiger partial charge in [-0.25, -0.2) is 17.2 Å². The Kier molecular flexibility index (Phi) is 7.52. The Morgan fingerprint density at radius 1 is 0.933 bits per heavy atom. The van der Waals surface area contributed by atoms with Crippen LogP contribution < -0.4 is 5.32 Å². The molecule has 1 aliphatic heterocycles. The number of sulfonamides is 1. The van der Waals surface area contributed by atoms with E-state index in [9.17, 15) is 22.0 Å². The molecule has 2 aromatic rings. The van der Waals surface area contributed by atoms with Crippen LogP contribution in [0, 0.1) is 11.6 Å². The summed E-state index contributed by atoms with van der Waals surface area (Å²) in [6, 6.07) is 12.7. The Morgan fingerprint density at radius 2 is 1.57 bits per heavy atom. The summed E-state index contributed by atoms with van der Waals surface area (Å²) in [5.41, 5.74) is 0.695. The number of carbonyl (C=O) groups is 1. The van der Waals surface area contributed by atoms with Crippen LogP contribution in [-0.4, -0.2) is 62.8 Å². The summed E-state index contributed by atoms with van der Waals surface area (Å²) in [6.45, 7) is 1.78. The molecule has 0 unspecified atom stereocenters. The Morgan fingerprint density at radius 3 is 2.20 bits per heavy atom. The number of nitrogens with zero attached hydrogens (tertiary/aromatic N) is 2. The summed E-state index contributed by atoms with van der Waals surface area (Å²) in [5, 5.41) is 2.66. The molecule has 0 radical (unpaired) electrons. The van der Waals surface area contributed by atoms with Crippen LogP contribution in [0.5, 0.6) is 0 Å². The van der Waals surface area contributed by atoms with Crippen molar-refractivity contribution in [3.63, 3.8) is 0 Å². The van der Waals surface area contributed by atoms with Gasteiger partial charge in [-0.05, 0) is 24.1 Å². The van der Waals surface area contributed by atoms with Crippen LogP contribution >= 0.6 is 0 Å². The van der Waals surface area contributed by atoms with E-state index < -0.39 is 21.7 Å². The molecule has 1 N–H and O–H groups in total. The number of nitrogens with one attached hydrogen (secondary N) is 1. The van der Waals surface area contributed by atoms with Gasteiger partial charge in [0.1, 0.15) is 11.6 Å². The van der Waals surface area contributed by atoms with Crippen molar-refractivity contribution in [3.05, 3.63) is 71.3 Å². The smallest absolute Gasteiger partial charge is 0.234 e. The van der Waals surface area contributed by atoms with Crippen LogP contribution in [0.1, 0.15) is 11.1 Å². The third-order valence-electron chi connectivity index (χ3n) is 5.04. The molecule has 0 bridgehead atoms. The monoisotopic (exact) mass is 437 g/mol. The van der Waals surface area contributed by atoms with Gasteiger partial charge in [0.05, 0.1) is 12.3 Å². The first-order valence-corrected chi connectivity index (χ1v) is 11.4. The molecule has 0 aromatic heterocycles. The number of carbonyl (C=O) groups excluding carboxylic acids is 1. The Balaban J connectivity index is 1.41. The van der Waals surface area contributed by atoms with Crippen LogP contribution in [0.3, 0.4) is 0 Å². The number of hydrogen-bond acceptors (Lipinski definition) is 4. The molecule has 2 aromatic carbocycles. The maximum absolute atomic E-state index is 13.6. The second kappa shape index (κ2) is 10.1. The first-order chi connectivity index (χ1) is 14.3. The molecule has 1 heterocycles. The predicted molar refractivity (Wildman–Crippen MR) is 110 cm³/mol. The third kappa shape index (κ3) is 6.07.